The highest BCUT2D eigenvalue weighted by atomic mass is 35.5. The van der Waals surface area contributed by atoms with Crippen molar-refractivity contribution in [3.05, 3.63) is 29.8 Å². The minimum atomic E-state index is -0.377. The molecule has 1 aromatic carbocycles. The van der Waals surface area contributed by atoms with Crippen molar-refractivity contribution in [3.63, 3.8) is 0 Å². The van der Waals surface area contributed by atoms with Gasteiger partial charge in [-0.15, -0.1) is 12.4 Å². The van der Waals surface area contributed by atoms with Crippen molar-refractivity contribution in [2.24, 2.45) is 5.73 Å². The molecule has 2 atom stereocenters. The number of para-hydroxylation sites is 1. The minimum absolute atomic E-state index is 0. The molecule has 0 saturated heterocycles. The number of nitrogens with zero attached hydrogens (tertiary/aromatic N) is 1. The number of nitrogens with one attached hydrogen (secondary N) is 1. The predicted molar refractivity (Wildman–Crippen MR) is 90.1 cm³/mol. The second-order valence-electron chi connectivity index (χ2n) is 5.56. The Morgan fingerprint density at radius 1 is 1.43 bits per heavy atom. The smallest absolute Gasteiger partial charge is 0.236 e. The van der Waals surface area contributed by atoms with Crippen LogP contribution in [0.5, 0.6) is 0 Å². The first kappa shape index (κ1) is 17.8. The zero-order valence-corrected chi connectivity index (χ0v) is 13.7. The number of carbonyl (C=O) groups excluding carboxylic acids is 1. The molecule has 1 amide bonds. The van der Waals surface area contributed by atoms with Gasteiger partial charge in [-0.2, -0.15) is 0 Å². The highest BCUT2D eigenvalue weighted by Crippen LogP contribution is 2.28. The number of fused-ring (bicyclic) bond motifs is 1. The van der Waals surface area contributed by atoms with Gasteiger partial charge in [0, 0.05) is 24.8 Å². The van der Waals surface area contributed by atoms with E-state index in [9.17, 15) is 4.79 Å². The summed E-state index contributed by atoms with van der Waals surface area (Å²) >= 11 is 0. The van der Waals surface area contributed by atoms with Crippen molar-refractivity contribution in [1.29, 1.82) is 0 Å². The maximum Gasteiger partial charge on any atom is 0.236 e. The monoisotopic (exact) mass is 311 g/mol. The van der Waals surface area contributed by atoms with Crippen LogP contribution >= 0.6 is 12.4 Å². The molecule has 0 saturated carbocycles. The number of anilines is 1. The van der Waals surface area contributed by atoms with Crippen LogP contribution in [-0.4, -0.2) is 31.1 Å². The van der Waals surface area contributed by atoms with Crippen molar-refractivity contribution in [2.45, 2.75) is 45.2 Å². The molecule has 5 heteroatoms. The Bertz CT molecular complexity index is 467. The summed E-state index contributed by atoms with van der Waals surface area (Å²) in [5.74, 6) is -0.0359. The molecule has 0 aromatic heterocycles. The molecule has 0 bridgehead atoms. The van der Waals surface area contributed by atoms with Gasteiger partial charge < -0.3 is 16.0 Å². The van der Waals surface area contributed by atoms with E-state index in [1.54, 1.807) is 0 Å². The molecule has 1 aliphatic rings. The fraction of sp³-hybridized carbons (Fsp3) is 0.562. The fourth-order valence-corrected chi connectivity index (χ4v) is 2.75. The lowest BCUT2D eigenvalue weighted by Gasteiger charge is -2.28. The first-order valence-electron chi connectivity index (χ1n) is 7.51. The SMILES string of the molecule is CCCC(N)C(=O)NCC(C)N1CCc2ccccc21.Cl. The molecule has 1 aliphatic heterocycles. The van der Waals surface area contributed by atoms with Crippen molar-refractivity contribution in [2.75, 3.05) is 18.0 Å². The van der Waals surface area contributed by atoms with E-state index in [2.05, 4.69) is 41.4 Å². The van der Waals surface area contributed by atoms with Crippen LogP contribution in [0.2, 0.25) is 0 Å². The third kappa shape index (κ3) is 4.35. The van der Waals surface area contributed by atoms with Crippen molar-refractivity contribution >= 4 is 24.0 Å². The third-order valence-corrected chi connectivity index (χ3v) is 3.96. The second kappa shape index (κ2) is 8.25. The molecule has 0 fully saturated rings. The number of amides is 1. The van der Waals surface area contributed by atoms with Crippen molar-refractivity contribution in [3.8, 4) is 0 Å². The summed E-state index contributed by atoms with van der Waals surface area (Å²) in [6.07, 6.45) is 2.76. The molecule has 1 aromatic rings. The van der Waals surface area contributed by atoms with Gasteiger partial charge in [0.05, 0.1) is 6.04 Å². The third-order valence-electron chi connectivity index (χ3n) is 3.96. The molecule has 3 N–H and O–H groups in total. The van der Waals surface area contributed by atoms with Gasteiger partial charge in [-0.25, -0.2) is 0 Å². The van der Waals surface area contributed by atoms with Gasteiger partial charge >= 0.3 is 0 Å². The van der Waals surface area contributed by atoms with Crippen LogP contribution in [0, 0.1) is 0 Å². The topological polar surface area (TPSA) is 58.4 Å². The molecule has 2 rings (SSSR count). The lowest BCUT2D eigenvalue weighted by Crippen LogP contribution is -2.46. The average Bonchev–Trinajstić information content (AvgIpc) is 2.88. The molecular formula is C16H26ClN3O. The van der Waals surface area contributed by atoms with E-state index in [1.807, 2.05) is 6.92 Å². The standard InChI is InChI=1S/C16H25N3O.ClH/c1-3-6-14(17)16(20)18-11-12(2)19-10-9-13-7-4-5-8-15(13)19;/h4-5,7-8,12,14H,3,6,9-11,17H2,1-2H3,(H,18,20);1H. The molecule has 118 valence electrons. The lowest BCUT2D eigenvalue weighted by atomic mass is 10.1. The molecule has 4 nitrogen and oxygen atoms in total. The number of hydrogen-bond acceptors (Lipinski definition) is 3. The van der Waals surface area contributed by atoms with Crippen LogP contribution in [0.15, 0.2) is 24.3 Å². The Hall–Kier alpha value is -1.26. The van der Waals surface area contributed by atoms with E-state index in [4.69, 9.17) is 5.73 Å². The number of benzene rings is 1. The largest absolute Gasteiger partial charge is 0.366 e. The van der Waals surface area contributed by atoms with E-state index in [0.717, 1.165) is 25.8 Å². The van der Waals surface area contributed by atoms with E-state index in [0.29, 0.717) is 6.54 Å². The Balaban J connectivity index is 0.00000220. The fourth-order valence-electron chi connectivity index (χ4n) is 2.75. The summed E-state index contributed by atoms with van der Waals surface area (Å²) in [7, 11) is 0. The van der Waals surface area contributed by atoms with Gasteiger partial charge in [-0.1, -0.05) is 31.5 Å². The van der Waals surface area contributed by atoms with Crippen LogP contribution in [-0.2, 0) is 11.2 Å². The van der Waals surface area contributed by atoms with Crippen molar-refractivity contribution in [1.82, 2.24) is 5.32 Å². The molecular weight excluding hydrogens is 286 g/mol. The molecule has 0 spiro atoms. The summed E-state index contributed by atoms with van der Waals surface area (Å²) in [4.78, 5) is 14.2. The number of halogens is 1. The van der Waals surface area contributed by atoms with Gasteiger partial charge in [0.2, 0.25) is 5.91 Å². The Morgan fingerprint density at radius 2 is 2.14 bits per heavy atom. The van der Waals surface area contributed by atoms with E-state index in [-0.39, 0.29) is 30.4 Å². The van der Waals surface area contributed by atoms with Gasteiger partial charge in [0.15, 0.2) is 0 Å². The molecule has 2 unspecified atom stereocenters. The number of nitrogens with two attached hydrogens (primary N) is 1. The summed E-state index contributed by atoms with van der Waals surface area (Å²) in [6, 6.07) is 8.40. The highest BCUT2D eigenvalue weighted by Gasteiger charge is 2.23. The number of rotatable bonds is 6. The van der Waals surface area contributed by atoms with E-state index < -0.39 is 0 Å². The summed E-state index contributed by atoms with van der Waals surface area (Å²) < 4.78 is 0. The van der Waals surface area contributed by atoms with Crippen LogP contribution < -0.4 is 16.0 Å². The first-order valence-corrected chi connectivity index (χ1v) is 7.51. The van der Waals surface area contributed by atoms with Crippen LogP contribution in [0.4, 0.5) is 5.69 Å². The second-order valence-corrected chi connectivity index (χ2v) is 5.56. The maximum absolute atomic E-state index is 11.8. The zero-order chi connectivity index (χ0) is 14.5. The average molecular weight is 312 g/mol. The Morgan fingerprint density at radius 3 is 2.86 bits per heavy atom. The molecule has 0 aliphatic carbocycles. The van der Waals surface area contributed by atoms with Crippen LogP contribution in [0.3, 0.4) is 0 Å². The predicted octanol–water partition coefficient (Wildman–Crippen LogP) is 2.10. The van der Waals surface area contributed by atoms with E-state index in [1.165, 1.54) is 11.3 Å². The van der Waals surface area contributed by atoms with Gasteiger partial charge in [-0.05, 0) is 31.4 Å². The lowest BCUT2D eigenvalue weighted by molar-refractivity contribution is -0.122. The molecule has 0 radical (unpaired) electrons. The van der Waals surface area contributed by atoms with Gasteiger partial charge in [-0.3, -0.25) is 4.79 Å². The maximum atomic E-state index is 11.8. The Kier molecular flexibility index (Phi) is 6.99. The van der Waals surface area contributed by atoms with Crippen LogP contribution in [0.1, 0.15) is 32.3 Å². The van der Waals surface area contributed by atoms with Crippen LogP contribution in [0.25, 0.3) is 0 Å². The molecule has 1 heterocycles. The quantitative estimate of drug-likeness (QED) is 0.846. The highest BCUT2D eigenvalue weighted by molar-refractivity contribution is 5.85. The Labute approximate surface area is 133 Å². The normalized spacial score (nSPS) is 15.9. The van der Waals surface area contributed by atoms with Crippen molar-refractivity contribution < 1.29 is 4.79 Å². The summed E-state index contributed by atoms with van der Waals surface area (Å²) in [5, 5.41) is 2.97. The summed E-state index contributed by atoms with van der Waals surface area (Å²) in [5.41, 5.74) is 8.51. The zero-order valence-electron chi connectivity index (χ0n) is 12.8. The van der Waals surface area contributed by atoms with Gasteiger partial charge in [0.1, 0.15) is 0 Å². The summed E-state index contributed by atoms with van der Waals surface area (Å²) in [6.45, 7) is 5.85. The van der Waals surface area contributed by atoms with Gasteiger partial charge in [0.25, 0.3) is 0 Å². The number of hydrogen-bond donors (Lipinski definition) is 2. The molecule has 21 heavy (non-hydrogen) atoms. The minimum Gasteiger partial charge on any atom is -0.366 e. The first-order chi connectivity index (χ1) is 9.63. The van der Waals surface area contributed by atoms with E-state index >= 15 is 0 Å². The number of carbonyl (C=O) groups is 1.